The molecule has 1 aromatic heterocycles. The molecule has 1 amide bonds. The van der Waals surface area contributed by atoms with E-state index in [1.165, 1.54) is 6.07 Å². The van der Waals surface area contributed by atoms with Crippen molar-refractivity contribution in [2.45, 2.75) is 80.9 Å². The molecule has 2 fully saturated rings. The first kappa shape index (κ1) is 25.9. The average Bonchev–Trinajstić information content (AvgIpc) is 3.31. The maximum absolute atomic E-state index is 13.0. The number of fused-ring (bicyclic) bond motifs is 1. The number of nitrogens with zero attached hydrogens (tertiary/aromatic N) is 2. The highest BCUT2D eigenvalue weighted by atomic mass is 35.5. The van der Waals surface area contributed by atoms with Crippen molar-refractivity contribution in [1.29, 1.82) is 0 Å². The summed E-state index contributed by atoms with van der Waals surface area (Å²) in [4.78, 5) is 25.5. The third-order valence-corrected chi connectivity index (χ3v) is 7.59. The van der Waals surface area contributed by atoms with Gasteiger partial charge in [0, 0.05) is 16.9 Å². The molecule has 2 aliphatic carbocycles. The Kier molecular flexibility index (Phi) is 6.92. The van der Waals surface area contributed by atoms with Gasteiger partial charge in [0.2, 0.25) is 11.8 Å². The van der Waals surface area contributed by atoms with Crippen LogP contribution >= 0.6 is 11.6 Å². The van der Waals surface area contributed by atoms with Gasteiger partial charge in [-0.1, -0.05) is 11.6 Å². The molecule has 3 aliphatic rings. The fourth-order valence-corrected chi connectivity index (χ4v) is 5.33. The topological polar surface area (TPSA) is 124 Å². The molecule has 5 rings (SSSR count). The molecule has 9 nitrogen and oxygen atoms in total. The van der Waals surface area contributed by atoms with Crippen LogP contribution in [0.15, 0.2) is 22.6 Å². The van der Waals surface area contributed by atoms with Crippen molar-refractivity contribution in [3.05, 3.63) is 40.6 Å². The van der Waals surface area contributed by atoms with Crippen LogP contribution in [0.3, 0.4) is 0 Å². The van der Waals surface area contributed by atoms with Crippen LogP contribution < -0.4 is 10.1 Å². The maximum Gasteiger partial charge on any atom is 0.522 e. The van der Waals surface area contributed by atoms with Crippen LogP contribution in [0.2, 0.25) is 5.02 Å². The van der Waals surface area contributed by atoms with E-state index in [0.717, 1.165) is 0 Å². The van der Waals surface area contributed by atoms with E-state index in [4.69, 9.17) is 20.8 Å². The Morgan fingerprint density at radius 3 is 2.51 bits per heavy atom. The molecule has 0 saturated heterocycles. The van der Waals surface area contributed by atoms with E-state index < -0.39 is 30.0 Å². The molecule has 2 heterocycles. The Bertz CT molecular complexity index is 1170. The molecule has 37 heavy (non-hydrogen) atoms. The molecule has 0 radical (unpaired) electrons. The number of hydrogen-bond acceptors (Lipinski definition) is 8. The lowest BCUT2D eigenvalue weighted by Crippen LogP contribution is -2.57. The number of ether oxygens (including phenoxy) is 2. The van der Waals surface area contributed by atoms with Crippen LogP contribution in [0.4, 0.5) is 13.2 Å². The van der Waals surface area contributed by atoms with E-state index >= 15 is 0 Å². The lowest BCUT2D eigenvalue weighted by molar-refractivity contribution is -0.352. The number of rotatable bonds is 6. The van der Waals surface area contributed by atoms with E-state index in [-0.39, 0.29) is 49.2 Å². The first-order valence-electron chi connectivity index (χ1n) is 12.0. The van der Waals surface area contributed by atoms with E-state index in [0.29, 0.717) is 48.1 Å². The molecule has 1 aromatic carbocycles. The van der Waals surface area contributed by atoms with Gasteiger partial charge in [-0.2, -0.15) is 0 Å². The first-order chi connectivity index (χ1) is 17.5. The van der Waals surface area contributed by atoms with Crippen LogP contribution in [0.25, 0.3) is 0 Å². The van der Waals surface area contributed by atoms with Gasteiger partial charge in [-0.3, -0.25) is 14.3 Å². The van der Waals surface area contributed by atoms with E-state index in [9.17, 15) is 27.9 Å². The number of Topliss-reactive ketones (excluding diaryl/α,β-unsaturated/α-hetero) is 1. The molecule has 1 aliphatic heterocycles. The molecule has 0 bridgehead atoms. The van der Waals surface area contributed by atoms with Crippen LogP contribution in [-0.4, -0.2) is 57.7 Å². The van der Waals surface area contributed by atoms with Crippen molar-refractivity contribution in [2.24, 2.45) is 0 Å². The summed E-state index contributed by atoms with van der Waals surface area (Å²) < 4.78 is 52.5. The zero-order valence-electron chi connectivity index (χ0n) is 19.6. The molecule has 2 aromatic rings. The monoisotopic (exact) mass is 543 g/mol. The van der Waals surface area contributed by atoms with Gasteiger partial charge in [-0.15, -0.1) is 23.4 Å². The molecular formula is C24H25ClF3N3O6. The summed E-state index contributed by atoms with van der Waals surface area (Å²) in [6.45, 7) is -0.296. The lowest BCUT2D eigenvalue weighted by atomic mass is 9.76. The summed E-state index contributed by atoms with van der Waals surface area (Å²) in [7, 11) is 0. The number of amides is 1. The molecule has 2 N–H and O–H groups in total. The van der Waals surface area contributed by atoms with Crippen LogP contribution in [-0.2, 0) is 9.53 Å². The van der Waals surface area contributed by atoms with Crippen molar-refractivity contribution in [3.8, 4) is 5.75 Å². The second kappa shape index (κ2) is 9.88. The molecule has 0 spiro atoms. The number of carbonyl (C=O) groups excluding carboxylic acids is 2. The van der Waals surface area contributed by atoms with Gasteiger partial charge in [-0.05, 0) is 56.7 Å². The number of nitrogens with one attached hydrogen (secondary N) is 1. The number of alkyl halides is 3. The Labute approximate surface area is 214 Å². The maximum atomic E-state index is 13.0. The number of aromatic nitrogens is 2. The third-order valence-electron chi connectivity index (χ3n) is 7.36. The number of aliphatic hydroxyl groups excluding tert-OH is 1. The van der Waals surface area contributed by atoms with Gasteiger partial charge in [0.25, 0.3) is 5.91 Å². The minimum absolute atomic E-state index is 0.107. The quantitative estimate of drug-likeness (QED) is 0.559. The van der Waals surface area contributed by atoms with Crippen molar-refractivity contribution in [1.82, 2.24) is 15.5 Å². The Balaban J connectivity index is 1.15. The van der Waals surface area contributed by atoms with Crippen molar-refractivity contribution in [2.75, 3.05) is 6.61 Å². The van der Waals surface area contributed by atoms with Gasteiger partial charge in [0.15, 0.2) is 11.9 Å². The number of halogens is 4. The second-order valence-corrected chi connectivity index (χ2v) is 10.3. The van der Waals surface area contributed by atoms with Crippen molar-refractivity contribution in [3.63, 3.8) is 0 Å². The van der Waals surface area contributed by atoms with Crippen LogP contribution in [0, 0.1) is 0 Å². The van der Waals surface area contributed by atoms with Crippen LogP contribution in [0.5, 0.6) is 5.75 Å². The number of aliphatic hydroxyl groups is 1. The zero-order valence-corrected chi connectivity index (χ0v) is 20.3. The molecule has 1 atom stereocenters. The molecular weight excluding hydrogens is 519 g/mol. The van der Waals surface area contributed by atoms with Crippen LogP contribution in [0.1, 0.15) is 78.9 Å². The highest BCUT2D eigenvalue weighted by Gasteiger charge is 2.44. The Morgan fingerprint density at radius 2 is 1.86 bits per heavy atom. The molecule has 13 heteroatoms. The number of benzene rings is 1. The Hall–Kier alpha value is -2.70. The minimum Gasteiger partial charge on any atom is -0.479 e. The SMILES string of the molecule is O=C1CC(C(=O)NC2(CO)CCC(c3nnc([C@H]4C[C@@H](OC(F)(F)F)C4)o3)CC2)Oc2ccc(Cl)cc21. The fourth-order valence-electron chi connectivity index (χ4n) is 5.15. The zero-order chi connectivity index (χ0) is 26.4. The highest BCUT2D eigenvalue weighted by molar-refractivity contribution is 6.31. The van der Waals surface area contributed by atoms with Gasteiger partial charge >= 0.3 is 6.36 Å². The first-order valence-corrected chi connectivity index (χ1v) is 12.4. The predicted molar refractivity (Wildman–Crippen MR) is 121 cm³/mol. The predicted octanol–water partition coefficient (Wildman–Crippen LogP) is 4.04. The van der Waals surface area contributed by atoms with E-state index in [1.807, 2.05) is 0 Å². The summed E-state index contributed by atoms with van der Waals surface area (Å²) in [6.07, 6.45) is -4.47. The average molecular weight is 544 g/mol. The van der Waals surface area contributed by atoms with Crippen molar-refractivity contribution >= 4 is 23.3 Å². The number of ketones is 1. The van der Waals surface area contributed by atoms with Crippen molar-refractivity contribution < 1.29 is 41.8 Å². The second-order valence-electron chi connectivity index (χ2n) is 9.91. The summed E-state index contributed by atoms with van der Waals surface area (Å²) in [5.74, 6) is -0.133. The van der Waals surface area contributed by atoms with E-state index in [2.05, 4.69) is 20.3 Å². The summed E-state index contributed by atoms with van der Waals surface area (Å²) in [6, 6.07) is 4.63. The standard InChI is InChI=1S/C24H25ClF3N3O6/c25-14-1-2-18-16(9-14)17(33)10-19(35-18)20(34)29-23(11-32)5-3-12(4-6-23)21-30-31-22(36-21)13-7-15(8-13)37-24(26,27)28/h1-2,9,12-13,15,19,32H,3-8,10-11H2,(H,29,34)/t12?,13-,15+,19?,23?. The minimum atomic E-state index is -4.66. The van der Waals surface area contributed by atoms with Gasteiger partial charge in [0.05, 0.1) is 30.2 Å². The number of hydrogen-bond donors (Lipinski definition) is 2. The summed E-state index contributed by atoms with van der Waals surface area (Å²) in [5, 5.41) is 21.5. The van der Waals surface area contributed by atoms with E-state index in [1.54, 1.807) is 12.1 Å². The summed E-state index contributed by atoms with van der Waals surface area (Å²) in [5.41, 5.74) is -0.558. The van der Waals surface area contributed by atoms with Gasteiger partial charge < -0.3 is 19.6 Å². The largest absolute Gasteiger partial charge is 0.522 e. The molecule has 2 saturated carbocycles. The normalized spacial score (nSPS) is 29.7. The Morgan fingerprint density at radius 1 is 1.19 bits per heavy atom. The van der Waals surface area contributed by atoms with Gasteiger partial charge in [-0.25, -0.2) is 0 Å². The number of carbonyl (C=O) groups is 2. The third kappa shape index (κ3) is 5.60. The molecule has 1 unspecified atom stereocenters. The smallest absolute Gasteiger partial charge is 0.479 e. The highest BCUT2D eigenvalue weighted by Crippen LogP contribution is 2.43. The molecule has 200 valence electrons. The summed E-state index contributed by atoms with van der Waals surface area (Å²) >= 11 is 5.94. The lowest BCUT2D eigenvalue weighted by Gasteiger charge is -2.39. The fraction of sp³-hybridized carbons (Fsp3) is 0.583. The van der Waals surface area contributed by atoms with Gasteiger partial charge in [0.1, 0.15) is 5.75 Å².